The lowest BCUT2D eigenvalue weighted by Gasteiger charge is -2.18. The second-order valence-electron chi connectivity index (χ2n) is 6.18. The van der Waals surface area contributed by atoms with Crippen molar-refractivity contribution < 1.29 is 4.39 Å². The number of halogens is 1. The molecule has 130 valence electrons. The van der Waals surface area contributed by atoms with E-state index in [1.807, 2.05) is 56.3 Å². The largest absolute Gasteiger partial charge is 0.206 e. The molecule has 2 rings (SSSR count). The minimum Gasteiger partial charge on any atom is -0.206 e. The Kier molecular flexibility index (Phi) is 9.07. The monoisotopic (exact) mass is 326 g/mol. The Labute approximate surface area is 147 Å². The highest BCUT2D eigenvalue weighted by molar-refractivity contribution is 5.68. The molecule has 0 amide bonds. The van der Waals surface area contributed by atoms with E-state index in [-0.39, 0.29) is 5.82 Å². The van der Waals surface area contributed by atoms with Crippen molar-refractivity contribution in [1.82, 2.24) is 0 Å². The standard InChI is InChI=1S/C20H25F.C3H6/c1-4-6-11-16(5-2)18-13-9-14-19(20(18)21)17-12-8-7-10-15(17)3;1-3-2/h7-10,12-14,16H,4-6,11H2,1-3H3;3H,1H2,2H3. The van der Waals surface area contributed by atoms with Crippen LogP contribution in [0.25, 0.3) is 11.1 Å². The van der Waals surface area contributed by atoms with Crippen molar-refractivity contribution in [2.24, 2.45) is 0 Å². The molecule has 0 nitrogen and oxygen atoms in total. The number of allylic oxidation sites excluding steroid dienone is 1. The van der Waals surface area contributed by atoms with Crippen LogP contribution in [0.2, 0.25) is 0 Å². The number of aryl methyl sites for hydroxylation is 1. The molecule has 0 aliphatic heterocycles. The fraction of sp³-hybridized carbons (Fsp3) is 0.391. The van der Waals surface area contributed by atoms with Crippen molar-refractivity contribution in [1.29, 1.82) is 0 Å². The Bertz CT molecular complexity index is 628. The van der Waals surface area contributed by atoms with Crippen LogP contribution in [0.4, 0.5) is 4.39 Å². The summed E-state index contributed by atoms with van der Waals surface area (Å²) in [7, 11) is 0. The number of hydrogen-bond donors (Lipinski definition) is 0. The van der Waals surface area contributed by atoms with Gasteiger partial charge in [-0.15, -0.1) is 6.58 Å². The lowest BCUT2D eigenvalue weighted by Crippen LogP contribution is -2.02. The van der Waals surface area contributed by atoms with Gasteiger partial charge in [-0.1, -0.05) is 75.2 Å². The smallest absolute Gasteiger partial charge is 0.134 e. The minimum atomic E-state index is -0.0326. The Hall–Kier alpha value is -1.89. The van der Waals surface area contributed by atoms with Gasteiger partial charge in [0.2, 0.25) is 0 Å². The lowest BCUT2D eigenvalue weighted by molar-refractivity contribution is 0.528. The zero-order chi connectivity index (χ0) is 17.9. The molecular formula is C23H31F. The molecule has 1 unspecified atom stereocenters. The topological polar surface area (TPSA) is 0 Å². The summed E-state index contributed by atoms with van der Waals surface area (Å²) >= 11 is 0. The summed E-state index contributed by atoms with van der Waals surface area (Å²) in [4.78, 5) is 0. The molecule has 0 saturated heterocycles. The first-order valence-corrected chi connectivity index (χ1v) is 9.02. The molecule has 0 aliphatic rings. The third kappa shape index (κ3) is 5.33. The molecule has 0 saturated carbocycles. The lowest BCUT2D eigenvalue weighted by atomic mass is 9.88. The predicted octanol–water partition coefficient (Wildman–Crippen LogP) is 7.68. The van der Waals surface area contributed by atoms with Crippen LogP contribution in [0, 0.1) is 12.7 Å². The number of unbranched alkanes of at least 4 members (excludes halogenated alkanes) is 1. The fourth-order valence-corrected chi connectivity index (χ4v) is 2.98. The summed E-state index contributed by atoms with van der Waals surface area (Å²) in [6, 6.07) is 13.9. The van der Waals surface area contributed by atoms with Crippen molar-refractivity contribution in [3.63, 3.8) is 0 Å². The van der Waals surface area contributed by atoms with E-state index < -0.39 is 0 Å². The van der Waals surface area contributed by atoms with E-state index in [2.05, 4.69) is 20.4 Å². The molecule has 1 heteroatoms. The molecule has 0 radical (unpaired) electrons. The highest BCUT2D eigenvalue weighted by Gasteiger charge is 2.17. The third-order valence-electron chi connectivity index (χ3n) is 4.30. The molecular weight excluding hydrogens is 295 g/mol. The molecule has 2 aromatic carbocycles. The van der Waals surface area contributed by atoms with Gasteiger partial charge in [-0.2, -0.15) is 0 Å². The number of rotatable bonds is 6. The summed E-state index contributed by atoms with van der Waals surface area (Å²) in [6.45, 7) is 11.6. The number of hydrogen-bond acceptors (Lipinski definition) is 0. The zero-order valence-electron chi connectivity index (χ0n) is 15.6. The van der Waals surface area contributed by atoms with Crippen molar-refractivity contribution in [3.8, 4) is 11.1 Å². The summed E-state index contributed by atoms with van der Waals surface area (Å²) in [5.41, 5.74) is 3.74. The summed E-state index contributed by atoms with van der Waals surface area (Å²) in [5, 5.41) is 0. The van der Waals surface area contributed by atoms with Gasteiger partial charge in [-0.3, -0.25) is 0 Å². The van der Waals surface area contributed by atoms with Crippen LogP contribution < -0.4 is 0 Å². The second-order valence-corrected chi connectivity index (χ2v) is 6.18. The third-order valence-corrected chi connectivity index (χ3v) is 4.30. The van der Waals surface area contributed by atoms with Crippen molar-refractivity contribution in [2.45, 2.75) is 59.3 Å². The highest BCUT2D eigenvalue weighted by Crippen LogP contribution is 2.33. The van der Waals surface area contributed by atoms with E-state index >= 15 is 4.39 Å². The van der Waals surface area contributed by atoms with E-state index in [4.69, 9.17) is 0 Å². The minimum absolute atomic E-state index is 0.0326. The van der Waals surface area contributed by atoms with Gasteiger partial charge < -0.3 is 0 Å². The molecule has 0 aliphatic carbocycles. The van der Waals surface area contributed by atoms with Gasteiger partial charge in [0.15, 0.2) is 0 Å². The van der Waals surface area contributed by atoms with Gasteiger partial charge in [0, 0.05) is 5.56 Å². The predicted molar refractivity (Wildman–Crippen MR) is 105 cm³/mol. The SMILES string of the molecule is C=CC.CCCCC(CC)c1cccc(-c2ccccc2C)c1F. The molecule has 0 spiro atoms. The molecule has 24 heavy (non-hydrogen) atoms. The fourth-order valence-electron chi connectivity index (χ4n) is 2.98. The van der Waals surface area contributed by atoms with Crippen molar-refractivity contribution >= 4 is 0 Å². The van der Waals surface area contributed by atoms with E-state index in [9.17, 15) is 0 Å². The quantitative estimate of drug-likeness (QED) is 0.477. The second kappa shape index (κ2) is 10.8. The van der Waals surface area contributed by atoms with Crippen LogP contribution in [0.15, 0.2) is 55.1 Å². The normalized spacial score (nSPS) is 11.4. The highest BCUT2D eigenvalue weighted by atomic mass is 19.1. The average molecular weight is 326 g/mol. The molecule has 2 aromatic rings. The van der Waals surface area contributed by atoms with Gasteiger partial charge >= 0.3 is 0 Å². The van der Waals surface area contributed by atoms with E-state index in [1.54, 1.807) is 6.08 Å². The first-order chi connectivity index (χ1) is 11.6. The molecule has 0 aromatic heterocycles. The van der Waals surface area contributed by atoms with Gasteiger partial charge in [0.05, 0.1) is 0 Å². The summed E-state index contributed by atoms with van der Waals surface area (Å²) in [5.74, 6) is 0.295. The summed E-state index contributed by atoms with van der Waals surface area (Å²) < 4.78 is 15.0. The maximum absolute atomic E-state index is 15.0. The Morgan fingerprint density at radius 1 is 1.04 bits per heavy atom. The molecule has 0 heterocycles. The van der Waals surface area contributed by atoms with Gasteiger partial charge in [-0.05, 0) is 49.3 Å². The maximum Gasteiger partial charge on any atom is 0.134 e. The van der Waals surface area contributed by atoms with Crippen LogP contribution in [-0.4, -0.2) is 0 Å². The average Bonchev–Trinajstić information content (AvgIpc) is 2.58. The molecule has 0 bridgehead atoms. The Morgan fingerprint density at radius 2 is 1.67 bits per heavy atom. The van der Waals surface area contributed by atoms with Gasteiger partial charge in [0.25, 0.3) is 0 Å². The van der Waals surface area contributed by atoms with Crippen LogP contribution in [0.5, 0.6) is 0 Å². The Balaban J connectivity index is 0.000000891. The zero-order valence-corrected chi connectivity index (χ0v) is 15.6. The summed E-state index contributed by atoms with van der Waals surface area (Å²) in [6.07, 6.45) is 6.14. The van der Waals surface area contributed by atoms with Gasteiger partial charge in [-0.25, -0.2) is 4.39 Å². The van der Waals surface area contributed by atoms with E-state index in [0.29, 0.717) is 5.92 Å². The number of benzene rings is 2. The van der Waals surface area contributed by atoms with E-state index in [1.165, 1.54) is 0 Å². The first-order valence-electron chi connectivity index (χ1n) is 9.02. The van der Waals surface area contributed by atoms with Crippen LogP contribution >= 0.6 is 0 Å². The van der Waals surface area contributed by atoms with Crippen LogP contribution in [0.3, 0.4) is 0 Å². The van der Waals surface area contributed by atoms with E-state index in [0.717, 1.165) is 47.9 Å². The molecule has 0 N–H and O–H groups in total. The van der Waals surface area contributed by atoms with Crippen molar-refractivity contribution in [3.05, 3.63) is 72.1 Å². The Morgan fingerprint density at radius 3 is 2.25 bits per heavy atom. The van der Waals surface area contributed by atoms with Crippen LogP contribution in [-0.2, 0) is 0 Å². The maximum atomic E-state index is 15.0. The first kappa shape index (κ1) is 20.2. The van der Waals surface area contributed by atoms with Gasteiger partial charge in [0.1, 0.15) is 5.82 Å². The van der Waals surface area contributed by atoms with Crippen molar-refractivity contribution in [2.75, 3.05) is 0 Å². The molecule has 1 atom stereocenters. The molecule has 0 fully saturated rings. The van der Waals surface area contributed by atoms with Crippen LogP contribution in [0.1, 0.15) is 63.5 Å².